The zero-order chi connectivity index (χ0) is 13.2. The molecule has 1 heterocycles. The zero-order valence-corrected chi connectivity index (χ0v) is 11.1. The van der Waals surface area contributed by atoms with Crippen molar-refractivity contribution >= 4 is 11.6 Å². The van der Waals surface area contributed by atoms with Gasteiger partial charge >= 0.3 is 0 Å². The van der Waals surface area contributed by atoms with E-state index in [2.05, 4.69) is 20.9 Å². The molecule has 0 atom stereocenters. The lowest BCUT2D eigenvalue weighted by atomic mass is 10.2. The van der Waals surface area contributed by atoms with E-state index in [0.717, 1.165) is 23.7 Å². The van der Waals surface area contributed by atoms with Gasteiger partial charge in [-0.15, -0.1) is 0 Å². The number of aryl methyl sites for hydroxylation is 1. The lowest BCUT2D eigenvalue weighted by Crippen LogP contribution is -2.27. The van der Waals surface area contributed by atoms with Crippen LogP contribution in [-0.4, -0.2) is 16.0 Å². The summed E-state index contributed by atoms with van der Waals surface area (Å²) in [5, 5.41) is 0. The summed E-state index contributed by atoms with van der Waals surface area (Å²) in [5.41, 5.74) is 8.93. The lowest BCUT2D eigenvalue weighted by Gasteiger charge is -2.22. The van der Waals surface area contributed by atoms with E-state index in [-0.39, 0.29) is 0 Å². The lowest BCUT2D eigenvalue weighted by molar-refractivity contribution is 0.757. The Hall–Kier alpha value is -2.10. The fourth-order valence-electron chi connectivity index (χ4n) is 2.17. The van der Waals surface area contributed by atoms with Crippen LogP contribution in [0.25, 0.3) is 0 Å². The number of hydrogen-bond acceptors (Lipinski definition) is 4. The third-order valence-corrected chi connectivity index (χ3v) is 3.32. The van der Waals surface area contributed by atoms with E-state index in [1.165, 1.54) is 18.4 Å². The Morgan fingerprint density at radius 3 is 2.63 bits per heavy atom. The highest BCUT2D eigenvalue weighted by Crippen LogP contribution is 2.31. The average Bonchev–Trinajstić information content (AvgIpc) is 3.22. The Morgan fingerprint density at radius 2 is 2.00 bits per heavy atom. The highest BCUT2D eigenvalue weighted by molar-refractivity contribution is 5.43. The number of rotatable bonds is 4. The van der Waals surface area contributed by atoms with Crippen LogP contribution in [-0.2, 0) is 6.54 Å². The molecule has 0 saturated heterocycles. The van der Waals surface area contributed by atoms with E-state index in [4.69, 9.17) is 5.73 Å². The van der Waals surface area contributed by atoms with Gasteiger partial charge in [-0.2, -0.15) is 0 Å². The molecule has 0 radical (unpaired) electrons. The van der Waals surface area contributed by atoms with Gasteiger partial charge in [0.2, 0.25) is 5.95 Å². The minimum atomic E-state index is 0.573. The minimum absolute atomic E-state index is 0.573. The second kappa shape index (κ2) is 4.88. The molecule has 1 aromatic carbocycles. The van der Waals surface area contributed by atoms with Crippen molar-refractivity contribution in [3.63, 3.8) is 0 Å². The largest absolute Gasteiger partial charge is 0.399 e. The monoisotopic (exact) mass is 254 g/mol. The van der Waals surface area contributed by atoms with Gasteiger partial charge in [0.05, 0.1) is 0 Å². The first-order valence-electron chi connectivity index (χ1n) is 6.62. The summed E-state index contributed by atoms with van der Waals surface area (Å²) < 4.78 is 0. The Labute approximate surface area is 113 Å². The predicted molar refractivity (Wildman–Crippen MR) is 76.8 cm³/mol. The van der Waals surface area contributed by atoms with Crippen molar-refractivity contribution in [1.82, 2.24) is 9.97 Å². The molecular weight excluding hydrogens is 236 g/mol. The summed E-state index contributed by atoms with van der Waals surface area (Å²) in [6.07, 6.45) is 6.19. The van der Waals surface area contributed by atoms with Crippen molar-refractivity contribution in [2.24, 2.45) is 0 Å². The fraction of sp³-hybridized carbons (Fsp3) is 0.333. The van der Waals surface area contributed by atoms with Gasteiger partial charge in [-0.25, -0.2) is 9.97 Å². The molecule has 1 saturated carbocycles. The first-order chi connectivity index (χ1) is 9.22. The molecule has 1 aromatic heterocycles. The van der Waals surface area contributed by atoms with Gasteiger partial charge in [-0.1, -0.05) is 12.1 Å². The molecule has 2 aromatic rings. The Kier molecular flexibility index (Phi) is 3.07. The highest BCUT2D eigenvalue weighted by atomic mass is 15.3. The van der Waals surface area contributed by atoms with Crippen molar-refractivity contribution in [1.29, 1.82) is 0 Å². The minimum Gasteiger partial charge on any atom is -0.399 e. The topological polar surface area (TPSA) is 55.0 Å². The number of benzene rings is 1. The van der Waals surface area contributed by atoms with Gasteiger partial charge in [0.15, 0.2) is 0 Å². The molecule has 1 aliphatic carbocycles. The molecule has 19 heavy (non-hydrogen) atoms. The predicted octanol–water partition coefficient (Wildman–Crippen LogP) is 2.54. The summed E-state index contributed by atoms with van der Waals surface area (Å²) in [6, 6.07) is 8.59. The molecule has 4 heteroatoms. The van der Waals surface area contributed by atoms with Gasteiger partial charge < -0.3 is 10.6 Å². The van der Waals surface area contributed by atoms with Crippen LogP contribution in [0.2, 0.25) is 0 Å². The Balaban J connectivity index is 1.83. The van der Waals surface area contributed by atoms with Crippen LogP contribution in [0, 0.1) is 6.92 Å². The summed E-state index contributed by atoms with van der Waals surface area (Å²) in [5.74, 6) is 0.815. The van der Waals surface area contributed by atoms with Crippen LogP contribution in [0.15, 0.2) is 36.7 Å². The summed E-state index contributed by atoms with van der Waals surface area (Å²) in [4.78, 5) is 11.2. The van der Waals surface area contributed by atoms with Gasteiger partial charge in [0.25, 0.3) is 0 Å². The smallest absolute Gasteiger partial charge is 0.225 e. The van der Waals surface area contributed by atoms with E-state index < -0.39 is 0 Å². The molecule has 1 fully saturated rings. The van der Waals surface area contributed by atoms with Gasteiger partial charge in [0, 0.05) is 30.7 Å². The molecule has 0 bridgehead atoms. The number of nitrogen functional groups attached to an aromatic ring is 1. The molecule has 2 N–H and O–H groups in total. The third-order valence-electron chi connectivity index (χ3n) is 3.32. The molecule has 0 amide bonds. The highest BCUT2D eigenvalue weighted by Gasteiger charge is 2.30. The second-order valence-corrected chi connectivity index (χ2v) is 5.16. The van der Waals surface area contributed by atoms with E-state index in [0.29, 0.717) is 6.04 Å². The normalized spacial score (nSPS) is 14.4. The van der Waals surface area contributed by atoms with Crippen molar-refractivity contribution < 1.29 is 0 Å². The number of aromatic nitrogens is 2. The van der Waals surface area contributed by atoms with Crippen molar-refractivity contribution in [2.45, 2.75) is 32.4 Å². The Morgan fingerprint density at radius 1 is 1.26 bits per heavy atom. The number of nitrogens with two attached hydrogens (primary N) is 1. The molecule has 4 nitrogen and oxygen atoms in total. The molecule has 0 spiro atoms. The van der Waals surface area contributed by atoms with Crippen molar-refractivity contribution in [3.05, 3.63) is 47.8 Å². The SMILES string of the molecule is Cc1cnc(N(Cc2cccc(N)c2)C2CC2)nc1. The zero-order valence-electron chi connectivity index (χ0n) is 11.1. The van der Waals surface area contributed by atoms with E-state index in [9.17, 15) is 0 Å². The molecule has 0 unspecified atom stereocenters. The van der Waals surface area contributed by atoms with Crippen molar-refractivity contribution in [2.75, 3.05) is 10.6 Å². The Bertz CT molecular complexity index is 561. The first-order valence-corrected chi connectivity index (χ1v) is 6.62. The van der Waals surface area contributed by atoms with Crippen LogP contribution in [0.4, 0.5) is 11.6 Å². The van der Waals surface area contributed by atoms with E-state index in [1.54, 1.807) is 0 Å². The van der Waals surface area contributed by atoms with Crippen LogP contribution in [0.1, 0.15) is 24.0 Å². The summed E-state index contributed by atoms with van der Waals surface area (Å²) in [7, 11) is 0. The maximum atomic E-state index is 5.83. The maximum Gasteiger partial charge on any atom is 0.225 e. The third kappa shape index (κ3) is 2.84. The van der Waals surface area contributed by atoms with Crippen LogP contribution in [0.5, 0.6) is 0 Å². The quantitative estimate of drug-likeness (QED) is 0.852. The number of anilines is 2. The fourth-order valence-corrected chi connectivity index (χ4v) is 2.17. The van der Waals surface area contributed by atoms with Crippen LogP contribution >= 0.6 is 0 Å². The number of nitrogens with zero attached hydrogens (tertiary/aromatic N) is 3. The van der Waals surface area contributed by atoms with E-state index in [1.807, 2.05) is 37.5 Å². The average molecular weight is 254 g/mol. The molecule has 3 rings (SSSR count). The molecule has 0 aliphatic heterocycles. The maximum absolute atomic E-state index is 5.83. The summed E-state index contributed by atoms with van der Waals surface area (Å²) >= 11 is 0. The van der Waals surface area contributed by atoms with Gasteiger partial charge in [0.1, 0.15) is 0 Å². The van der Waals surface area contributed by atoms with Gasteiger partial charge in [-0.3, -0.25) is 0 Å². The molecule has 98 valence electrons. The molecular formula is C15H18N4. The van der Waals surface area contributed by atoms with Crippen molar-refractivity contribution in [3.8, 4) is 0 Å². The number of hydrogen-bond donors (Lipinski definition) is 1. The van der Waals surface area contributed by atoms with Gasteiger partial charge in [-0.05, 0) is 43.0 Å². The van der Waals surface area contributed by atoms with E-state index >= 15 is 0 Å². The summed E-state index contributed by atoms with van der Waals surface area (Å²) in [6.45, 7) is 2.82. The second-order valence-electron chi connectivity index (χ2n) is 5.16. The molecule has 1 aliphatic rings. The van der Waals surface area contributed by atoms with Crippen LogP contribution in [0.3, 0.4) is 0 Å². The van der Waals surface area contributed by atoms with Crippen LogP contribution < -0.4 is 10.6 Å². The first kappa shape index (κ1) is 12.0. The standard InChI is InChI=1S/C15H18N4/c1-11-8-17-15(18-9-11)19(14-5-6-14)10-12-3-2-4-13(16)7-12/h2-4,7-9,14H,5-6,10,16H2,1H3.